The molecule has 0 aliphatic carbocycles. The molecule has 1 N–H and O–H groups in total. The first kappa shape index (κ1) is 19.3. The molecule has 0 aromatic heterocycles. The predicted molar refractivity (Wildman–Crippen MR) is 92.3 cm³/mol. The molecule has 0 atom stereocenters. The van der Waals surface area contributed by atoms with E-state index in [0.29, 0.717) is 24.6 Å². The molecule has 0 spiro atoms. The average molecular weight is 342 g/mol. The average Bonchev–Trinajstić information content (AvgIpc) is 2.48. The van der Waals surface area contributed by atoms with Gasteiger partial charge in [0.25, 0.3) is 0 Å². The molecular formula is C16H26N2O4S. The molecule has 0 saturated heterocycles. The molecule has 1 amide bonds. The number of amides is 1. The lowest BCUT2D eigenvalue weighted by molar-refractivity contribution is -0.120. The zero-order chi connectivity index (χ0) is 17.3. The maximum atomic E-state index is 12.1. The van der Waals surface area contributed by atoms with Crippen molar-refractivity contribution < 1.29 is 17.9 Å². The Balaban J connectivity index is 2.85. The zero-order valence-corrected chi connectivity index (χ0v) is 14.9. The third kappa shape index (κ3) is 6.48. The Labute approximate surface area is 138 Å². The quantitative estimate of drug-likeness (QED) is 0.661. The molecule has 0 radical (unpaired) electrons. The highest BCUT2D eigenvalue weighted by Crippen LogP contribution is 2.29. The van der Waals surface area contributed by atoms with E-state index >= 15 is 0 Å². The van der Waals surface area contributed by atoms with Gasteiger partial charge in [-0.3, -0.25) is 9.10 Å². The van der Waals surface area contributed by atoms with Crippen molar-refractivity contribution in [3.63, 3.8) is 0 Å². The number of carbonyl (C=O) groups excluding carboxylic acids is 1. The fraction of sp³-hybridized carbons (Fsp3) is 0.562. The minimum absolute atomic E-state index is 0.0842. The number of anilines is 1. The minimum atomic E-state index is -3.51. The molecule has 1 rings (SSSR count). The van der Waals surface area contributed by atoms with Crippen molar-refractivity contribution in [2.24, 2.45) is 0 Å². The summed E-state index contributed by atoms with van der Waals surface area (Å²) in [4.78, 5) is 11.8. The van der Waals surface area contributed by atoms with Crippen molar-refractivity contribution in [2.45, 2.75) is 33.1 Å². The second-order valence-electron chi connectivity index (χ2n) is 5.19. The van der Waals surface area contributed by atoms with Crippen molar-refractivity contribution in [1.82, 2.24) is 5.32 Å². The summed E-state index contributed by atoms with van der Waals surface area (Å²) in [6.45, 7) is 5.02. The normalized spacial score (nSPS) is 11.1. The number of benzene rings is 1. The Morgan fingerprint density at radius 3 is 2.57 bits per heavy atom. The van der Waals surface area contributed by atoms with Crippen molar-refractivity contribution in [2.75, 3.05) is 30.3 Å². The van der Waals surface area contributed by atoms with Crippen molar-refractivity contribution >= 4 is 21.6 Å². The largest absolute Gasteiger partial charge is 0.492 e. The molecular weight excluding hydrogens is 316 g/mol. The maximum Gasteiger partial charge on any atom is 0.232 e. The first-order valence-electron chi connectivity index (χ1n) is 7.86. The van der Waals surface area contributed by atoms with Gasteiger partial charge in [0.1, 0.15) is 5.75 Å². The van der Waals surface area contributed by atoms with Gasteiger partial charge in [0.2, 0.25) is 15.9 Å². The van der Waals surface area contributed by atoms with Gasteiger partial charge in [0, 0.05) is 19.5 Å². The fourth-order valence-corrected chi connectivity index (χ4v) is 3.03. The topological polar surface area (TPSA) is 75.7 Å². The molecule has 0 heterocycles. The lowest BCUT2D eigenvalue weighted by Crippen LogP contribution is -2.35. The Bertz CT molecular complexity index is 602. The standard InChI is InChI=1S/C16H26N2O4S/c1-4-6-12-17-16(19)11-13-18(23(3,20)21)14-9-7-8-10-15(14)22-5-2/h7-10H,4-6,11-13H2,1-3H3,(H,17,19). The molecule has 0 aliphatic heterocycles. The molecule has 7 heteroatoms. The van der Waals surface area contributed by atoms with Crippen molar-refractivity contribution in [3.8, 4) is 5.75 Å². The van der Waals surface area contributed by atoms with Crippen LogP contribution in [-0.2, 0) is 14.8 Å². The molecule has 6 nitrogen and oxygen atoms in total. The molecule has 1 aromatic carbocycles. The van der Waals surface area contributed by atoms with Gasteiger partial charge in [-0.05, 0) is 25.5 Å². The van der Waals surface area contributed by atoms with Crippen LogP contribution in [0.15, 0.2) is 24.3 Å². The van der Waals surface area contributed by atoms with Crippen LogP contribution in [0.4, 0.5) is 5.69 Å². The summed E-state index contributed by atoms with van der Waals surface area (Å²) < 4.78 is 30.9. The lowest BCUT2D eigenvalue weighted by Gasteiger charge is -2.24. The second-order valence-corrected chi connectivity index (χ2v) is 7.10. The van der Waals surface area contributed by atoms with Gasteiger partial charge in [-0.1, -0.05) is 25.5 Å². The molecule has 1 aromatic rings. The smallest absolute Gasteiger partial charge is 0.232 e. The second kappa shape index (κ2) is 9.39. The summed E-state index contributed by atoms with van der Waals surface area (Å²) in [7, 11) is -3.51. The number of ether oxygens (including phenoxy) is 1. The van der Waals surface area contributed by atoms with E-state index in [-0.39, 0.29) is 18.9 Å². The van der Waals surface area contributed by atoms with E-state index in [1.54, 1.807) is 24.3 Å². The zero-order valence-electron chi connectivity index (χ0n) is 14.0. The van der Waals surface area contributed by atoms with E-state index in [4.69, 9.17) is 4.74 Å². The van der Waals surface area contributed by atoms with E-state index in [1.165, 1.54) is 4.31 Å². The minimum Gasteiger partial charge on any atom is -0.492 e. The van der Waals surface area contributed by atoms with Gasteiger partial charge in [-0.25, -0.2) is 8.42 Å². The molecule has 0 aliphatic rings. The van der Waals surface area contributed by atoms with E-state index in [0.717, 1.165) is 19.1 Å². The Morgan fingerprint density at radius 2 is 1.96 bits per heavy atom. The van der Waals surface area contributed by atoms with Crippen LogP contribution in [0.2, 0.25) is 0 Å². The highest BCUT2D eigenvalue weighted by molar-refractivity contribution is 7.92. The summed E-state index contributed by atoms with van der Waals surface area (Å²) in [5.74, 6) is 0.341. The lowest BCUT2D eigenvalue weighted by atomic mass is 10.2. The number of sulfonamides is 1. The molecule has 0 saturated carbocycles. The van der Waals surface area contributed by atoms with Crippen LogP contribution in [-0.4, -0.2) is 40.3 Å². The van der Waals surface area contributed by atoms with Gasteiger partial charge in [-0.2, -0.15) is 0 Å². The van der Waals surface area contributed by atoms with Crippen LogP contribution in [0.1, 0.15) is 33.1 Å². The number of hydrogen-bond donors (Lipinski definition) is 1. The summed E-state index contributed by atoms with van der Waals surface area (Å²) >= 11 is 0. The van der Waals surface area contributed by atoms with Crippen molar-refractivity contribution in [3.05, 3.63) is 24.3 Å². The number of nitrogens with zero attached hydrogens (tertiary/aromatic N) is 1. The molecule has 0 unspecified atom stereocenters. The highest BCUT2D eigenvalue weighted by Gasteiger charge is 2.21. The van der Waals surface area contributed by atoms with Gasteiger partial charge < -0.3 is 10.1 Å². The Hall–Kier alpha value is -1.76. The Kier molecular flexibility index (Phi) is 7.88. The van der Waals surface area contributed by atoms with Crippen molar-refractivity contribution in [1.29, 1.82) is 0 Å². The number of carbonyl (C=O) groups is 1. The van der Waals surface area contributed by atoms with Crippen LogP contribution in [0.5, 0.6) is 5.75 Å². The van der Waals surface area contributed by atoms with Gasteiger partial charge >= 0.3 is 0 Å². The molecule has 0 fully saturated rings. The summed E-state index contributed by atoms with van der Waals surface area (Å²) in [5, 5.41) is 2.79. The fourth-order valence-electron chi connectivity index (χ4n) is 2.10. The third-order valence-corrected chi connectivity index (χ3v) is 4.41. The van der Waals surface area contributed by atoms with Gasteiger partial charge in [0.15, 0.2) is 0 Å². The summed E-state index contributed by atoms with van der Waals surface area (Å²) in [6.07, 6.45) is 3.15. The number of rotatable bonds is 10. The highest BCUT2D eigenvalue weighted by atomic mass is 32.2. The first-order valence-corrected chi connectivity index (χ1v) is 9.71. The molecule has 23 heavy (non-hydrogen) atoms. The molecule has 0 bridgehead atoms. The van der Waals surface area contributed by atoms with Crippen LogP contribution in [0, 0.1) is 0 Å². The van der Waals surface area contributed by atoms with Crippen LogP contribution >= 0.6 is 0 Å². The number of hydrogen-bond acceptors (Lipinski definition) is 4. The van der Waals surface area contributed by atoms with E-state index in [9.17, 15) is 13.2 Å². The number of unbranched alkanes of at least 4 members (excludes halogenated alkanes) is 1. The van der Waals surface area contributed by atoms with E-state index < -0.39 is 10.0 Å². The summed E-state index contributed by atoms with van der Waals surface area (Å²) in [5.41, 5.74) is 0.457. The monoisotopic (exact) mass is 342 g/mol. The first-order chi connectivity index (χ1) is 10.9. The molecule has 130 valence electrons. The van der Waals surface area contributed by atoms with Crippen LogP contribution < -0.4 is 14.4 Å². The predicted octanol–water partition coefficient (Wildman–Crippen LogP) is 2.16. The maximum absolute atomic E-state index is 12.1. The van der Waals surface area contributed by atoms with Crippen LogP contribution in [0.25, 0.3) is 0 Å². The van der Waals surface area contributed by atoms with Crippen LogP contribution in [0.3, 0.4) is 0 Å². The number of nitrogens with one attached hydrogen (secondary N) is 1. The van der Waals surface area contributed by atoms with Gasteiger partial charge in [-0.15, -0.1) is 0 Å². The summed E-state index contributed by atoms with van der Waals surface area (Å²) in [6, 6.07) is 6.93. The number of para-hydroxylation sites is 2. The third-order valence-electron chi connectivity index (χ3n) is 3.23. The van der Waals surface area contributed by atoms with Gasteiger partial charge in [0.05, 0.1) is 18.6 Å². The van der Waals surface area contributed by atoms with E-state index in [1.807, 2.05) is 13.8 Å². The Morgan fingerprint density at radius 1 is 1.26 bits per heavy atom. The SMILES string of the molecule is CCCCNC(=O)CCN(c1ccccc1OCC)S(C)(=O)=O. The van der Waals surface area contributed by atoms with E-state index in [2.05, 4.69) is 5.32 Å².